The van der Waals surface area contributed by atoms with Crippen LogP contribution in [0, 0.1) is 11.8 Å². The maximum Gasteiger partial charge on any atom is 0.281 e. The molecule has 102 valence electrons. The molecule has 6 heteroatoms. The van der Waals surface area contributed by atoms with E-state index in [0.717, 1.165) is 6.42 Å². The summed E-state index contributed by atoms with van der Waals surface area (Å²) in [5.41, 5.74) is 5.40. The summed E-state index contributed by atoms with van der Waals surface area (Å²) in [6, 6.07) is 0. The maximum absolute atomic E-state index is 12.2. The van der Waals surface area contributed by atoms with E-state index < -0.39 is 10.2 Å². The molecular formula is C11H25N3O2S. The van der Waals surface area contributed by atoms with Gasteiger partial charge >= 0.3 is 0 Å². The minimum Gasteiger partial charge on any atom is -0.330 e. The van der Waals surface area contributed by atoms with E-state index in [0.29, 0.717) is 44.4 Å². The molecule has 0 radical (unpaired) electrons. The average molecular weight is 263 g/mol. The third kappa shape index (κ3) is 3.64. The van der Waals surface area contributed by atoms with Crippen LogP contribution in [-0.4, -0.2) is 50.3 Å². The van der Waals surface area contributed by atoms with Crippen molar-refractivity contribution < 1.29 is 8.42 Å². The molecule has 0 aromatic rings. The van der Waals surface area contributed by atoms with Crippen LogP contribution < -0.4 is 5.73 Å². The van der Waals surface area contributed by atoms with E-state index in [9.17, 15) is 8.42 Å². The number of nitrogens with zero attached hydrogens (tertiary/aromatic N) is 2. The molecule has 1 rings (SSSR count). The first kappa shape index (κ1) is 14.9. The molecule has 1 atom stereocenters. The molecule has 5 nitrogen and oxygen atoms in total. The van der Waals surface area contributed by atoms with Crippen LogP contribution in [0.25, 0.3) is 0 Å². The maximum atomic E-state index is 12.2. The van der Waals surface area contributed by atoms with E-state index in [1.807, 2.05) is 0 Å². The Kier molecular flexibility index (Phi) is 5.37. The molecule has 0 aliphatic carbocycles. The Labute approximate surface area is 105 Å². The third-order valence-electron chi connectivity index (χ3n) is 3.53. The van der Waals surface area contributed by atoms with Gasteiger partial charge in [-0.05, 0) is 31.2 Å². The second-order valence-electron chi connectivity index (χ2n) is 5.12. The van der Waals surface area contributed by atoms with Gasteiger partial charge in [-0.3, -0.25) is 0 Å². The van der Waals surface area contributed by atoms with Crippen LogP contribution in [0.2, 0.25) is 0 Å². The molecule has 2 N–H and O–H groups in total. The summed E-state index contributed by atoms with van der Waals surface area (Å²) in [6.07, 6.45) is 1.68. The van der Waals surface area contributed by atoms with Gasteiger partial charge in [-0.25, -0.2) is 0 Å². The lowest BCUT2D eigenvalue weighted by Gasteiger charge is -2.24. The van der Waals surface area contributed by atoms with Crippen LogP contribution in [-0.2, 0) is 10.2 Å². The molecule has 0 aromatic heterocycles. The zero-order valence-corrected chi connectivity index (χ0v) is 11.9. The monoisotopic (exact) mass is 263 g/mol. The lowest BCUT2D eigenvalue weighted by molar-refractivity contribution is 0.362. The Morgan fingerprint density at radius 2 is 2.12 bits per heavy atom. The molecule has 1 aliphatic rings. The molecule has 0 amide bonds. The summed E-state index contributed by atoms with van der Waals surface area (Å²) >= 11 is 0. The largest absolute Gasteiger partial charge is 0.330 e. The van der Waals surface area contributed by atoms with Crippen LogP contribution in [0.1, 0.15) is 26.7 Å². The summed E-state index contributed by atoms with van der Waals surface area (Å²) in [5, 5.41) is 0. The first-order chi connectivity index (χ1) is 7.89. The summed E-state index contributed by atoms with van der Waals surface area (Å²) in [5.74, 6) is 1.04. The zero-order chi connectivity index (χ0) is 13.1. The van der Waals surface area contributed by atoms with Gasteiger partial charge in [0, 0.05) is 26.7 Å². The smallest absolute Gasteiger partial charge is 0.281 e. The van der Waals surface area contributed by atoms with Crippen molar-refractivity contribution in [2.24, 2.45) is 17.6 Å². The molecule has 1 heterocycles. The van der Waals surface area contributed by atoms with Crippen LogP contribution in [0.5, 0.6) is 0 Å². The lowest BCUT2D eigenvalue weighted by Crippen LogP contribution is -2.41. The standard InChI is InChI=1S/C11H25N3O2S/c1-10(2)11-5-8-14(9-11)17(15,16)13(3)7-4-6-12/h10-11H,4-9,12H2,1-3H3. The number of rotatable bonds is 6. The quantitative estimate of drug-likeness (QED) is 0.758. The first-order valence-corrected chi connectivity index (χ1v) is 7.70. The van der Waals surface area contributed by atoms with Gasteiger partial charge < -0.3 is 5.73 Å². The predicted octanol–water partition coefficient (Wildman–Crippen LogP) is 0.490. The Morgan fingerprint density at radius 1 is 1.47 bits per heavy atom. The van der Waals surface area contributed by atoms with Crippen LogP contribution in [0.3, 0.4) is 0 Å². The van der Waals surface area contributed by atoms with Crippen molar-refractivity contribution in [1.29, 1.82) is 0 Å². The fraction of sp³-hybridized carbons (Fsp3) is 1.00. The fourth-order valence-electron chi connectivity index (χ4n) is 2.13. The van der Waals surface area contributed by atoms with Gasteiger partial charge in [-0.2, -0.15) is 17.0 Å². The average Bonchev–Trinajstić information content (AvgIpc) is 2.75. The van der Waals surface area contributed by atoms with E-state index in [4.69, 9.17) is 5.73 Å². The summed E-state index contributed by atoms with van der Waals surface area (Å²) < 4.78 is 27.5. The number of nitrogens with two attached hydrogens (primary N) is 1. The Morgan fingerprint density at radius 3 is 2.59 bits per heavy atom. The first-order valence-electron chi connectivity index (χ1n) is 6.31. The van der Waals surface area contributed by atoms with E-state index in [2.05, 4.69) is 13.8 Å². The van der Waals surface area contributed by atoms with Gasteiger partial charge in [0.25, 0.3) is 10.2 Å². The third-order valence-corrected chi connectivity index (χ3v) is 5.48. The molecule has 17 heavy (non-hydrogen) atoms. The SMILES string of the molecule is CC(C)C1CCN(S(=O)(=O)N(C)CCCN)C1. The molecule has 0 aromatic carbocycles. The van der Waals surface area contributed by atoms with E-state index in [1.165, 1.54) is 4.31 Å². The van der Waals surface area contributed by atoms with Crippen molar-refractivity contribution in [1.82, 2.24) is 8.61 Å². The number of hydrogen-bond donors (Lipinski definition) is 1. The minimum absolute atomic E-state index is 0.493. The van der Waals surface area contributed by atoms with Gasteiger partial charge in [0.1, 0.15) is 0 Å². The highest BCUT2D eigenvalue weighted by Crippen LogP contribution is 2.26. The highest BCUT2D eigenvalue weighted by Gasteiger charge is 2.34. The Bertz CT molecular complexity index is 330. The molecular weight excluding hydrogens is 238 g/mol. The molecule has 1 aliphatic heterocycles. The zero-order valence-electron chi connectivity index (χ0n) is 11.1. The van der Waals surface area contributed by atoms with Gasteiger partial charge in [0.15, 0.2) is 0 Å². The predicted molar refractivity (Wildman–Crippen MR) is 69.7 cm³/mol. The van der Waals surface area contributed by atoms with Gasteiger partial charge in [0.2, 0.25) is 0 Å². The second kappa shape index (κ2) is 6.13. The van der Waals surface area contributed by atoms with Gasteiger partial charge in [-0.1, -0.05) is 13.8 Å². The Balaban J connectivity index is 2.60. The second-order valence-corrected chi connectivity index (χ2v) is 7.16. The summed E-state index contributed by atoms with van der Waals surface area (Å²) in [7, 11) is -1.63. The summed E-state index contributed by atoms with van der Waals surface area (Å²) in [6.45, 7) is 6.64. The van der Waals surface area contributed by atoms with Gasteiger partial charge in [-0.15, -0.1) is 0 Å². The van der Waals surface area contributed by atoms with Crippen LogP contribution >= 0.6 is 0 Å². The van der Waals surface area contributed by atoms with Crippen molar-refractivity contribution in [2.45, 2.75) is 26.7 Å². The molecule has 0 bridgehead atoms. The fourth-order valence-corrected chi connectivity index (χ4v) is 3.60. The van der Waals surface area contributed by atoms with Gasteiger partial charge in [0.05, 0.1) is 0 Å². The van der Waals surface area contributed by atoms with Crippen LogP contribution in [0.4, 0.5) is 0 Å². The number of hydrogen-bond acceptors (Lipinski definition) is 3. The van der Waals surface area contributed by atoms with Crippen molar-refractivity contribution >= 4 is 10.2 Å². The molecule has 0 spiro atoms. The van der Waals surface area contributed by atoms with E-state index >= 15 is 0 Å². The molecule has 1 saturated heterocycles. The highest BCUT2D eigenvalue weighted by molar-refractivity contribution is 7.86. The normalized spacial score (nSPS) is 22.8. The van der Waals surface area contributed by atoms with Crippen molar-refractivity contribution in [3.8, 4) is 0 Å². The van der Waals surface area contributed by atoms with Crippen LogP contribution in [0.15, 0.2) is 0 Å². The molecule has 0 saturated carbocycles. The highest BCUT2D eigenvalue weighted by atomic mass is 32.2. The van der Waals surface area contributed by atoms with Crippen molar-refractivity contribution in [3.63, 3.8) is 0 Å². The van der Waals surface area contributed by atoms with E-state index in [-0.39, 0.29) is 0 Å². The molecule has 1 fully saturated rings. The molecule has 1 unspecified atom stereocenters. The summed E-state index contributed by atoms with van der Waals surface area (Å²) in [4.78, 5) is 0. The minimum atomic E-state index is -3.27. The lowest BCUT2D eigenvalue weighted by atomic mass is 9.96. The van der Waals surface area contributed by atoms with Crippen molar-refractivity contribution in [3.05, 3.63) is 0 Å². The topological polar surface area (TPSA) is 66.6 Å². The van der Waals surface area contributed by atoms with Crippen molar-refractivity contribution in [2.75, 3.05) is 33.2 Å². The van der Waals surface area contributed by atoms with E-state index in [1.54, 1.807) is 11.4 Å². The Hall–Kier alpha value is -0.170.